The maximum absolute atomic E-state index is 11.7. The van der Waals surface area contributed by atoms with Crippen LogP contribution < -0.4 is 20.5 Å². The fourth-order valence-corrected chi connectivity index (χ4v) is 2.99. The number of methoxy groups -OCH3 is 2. The average molecular weight is 344 g/mol. The first-order chi connectivity index (χ1) is 12.0. The average Bonchev–Trinajstić information content (AvgIpc) is 2.98. The SMILES string of the molecule is COc1cc2c(OC[C@@H]3CC(OC)C(=O)N3)cccc2cc1C(N)=O. The molecule has 25 heavy (non-hydrogen) atoms. The fourth-order valence-electron chi connectivity index (χ4n) is 2.99. The van der Waals surface area contributed by atoms with Crippen molar-refractivity contribution in [1.82, 2.24) is 5.32 Å². The molecule has 7 heteroatoms. The largest absolute Gasteiger partial charge is 0.496 e. The van der Waals surface area contributed by atoms with Crippen molar-refractivity contribution in [2.45, 2.75) is 18.6 Å². The van der Waals surface area contributed by atoms with Crippen LogP contribution in [-0.4, -0.2) is 44.8 Å². The van der Waals surface area contributed by atoms with Crippen molar-refractivity contribution in [3.8, 4) is 11.5 Å². The zero-order valence-corrected chi connectivity index (χ0v) is 14.1. The third-order valence-electron chi connectivity index (χ3n) is 4.29. The minimum atomic E-state index is -0.552. The molecule has 0 saturated carbocycles. The summed E-state index contributed by atoms with van der Waals surface area (Å²) < 4.78 is 16.3. The van der Waals surface area contributed by atoms with Crippen molar-refractivity contribution in [2.24, 2.45) is 5.73 Å². The van der Waals surface area contributed by atoms with Crippen LogP contribution in [0.15, 0.2) is 30.3 Å². The highest BCUT2D eigenvalue weighted by atomic mass is 16.5. The topological polar surface area (TPSA) is 99.9 Å². The van der Waals surface area contributed by atoms with Crippen LogP contribution in [-0.2, 0) is 9.53 Å². The number of nitrogens with two attached hydrogens (primary N) is 1. The van der Waals surface area contributed by atoms with E-state index in [-0.39, 0.29) is 11.9 Å². The lowest BCUT2D eigenvalue weighted by Crippen LogP contribution is -2.31. The van der Waals surface area contributed by atoms with Gasteiger partial charge in [0, 0.05) is 18.9 Å². The van der Waals surface area contributed by atoms with Crippen LogP contribution in [0.5, 0.6) is 11.5 Å². The van der Waals surface area contributed by atoms with E-state index in [4.69, 9.17) is 19.9 Å². The zero-order valence-electron chi connectivity index (χ0n) is 14.1. The predicted molar refractivity (Wildman–Crippen MR) is 91.9 cm³/mol. The first kappa shape index (κ1) is 17.0. The molecular formula is C18H20N2O5. The smallest absolute Gasteiger partial charge is 0.252 e. The standard InChI is InChI=1S/C18H20N2O5/c1-23-15-8-12-10(6-13(15)17(19)21)4-3-5-14(12)25-9-11-7-16(24-2)18(22)20-11/h3-6,8,11,16H,7,9H2,1-2H3,(H2,19,21)(H,20,22)/t11-,16?/m0/s1. The molecule has 7 nitrogen and oxygen atoms in total. The van der Waals surface area contributed by atoms with Crippen molar-refractivity contribution in [3.63, 3.8) is 0 Å². The molecule has 0 aromatic heterocycles. The summed E-state index contributed by atoms with van der Waals surface area (Å²) in [6.45, 7) is 0.324. The Kier molecular flexibility index (Phi) is 4.76. The monoisotopic (exact) mass is 344 g/mol. The number of hydrogen-bond acceptors (Lipinski definition) is 5. The second-order valence-electron chi connectivity index (χ2n) is 5.87. The molecule has 3 rings (SSSR count). The van der Waals surface area contributed by atoms with Gasteiger partial charge in [0.2, 0.25) is 5.91 Å². The van der Waals surface area contributed by atoms with Gasteiger partial charge < -0.3 is 25.3 Å². The number of ether oxygens (including phenoxy) is 3. The molecule has 1 aliphatic rings. The van der Waals surface area contributed by atoms with Crippen molar-refractivity contribution < 1.29 is 23.8 Å². The minimum Gasteiger partial charge on any atom is -0.496 e. The Morgan fingerprint density at radius 2 is 2.08 bits per heavy atom. The Balaban J connectivity index is 1.84. The Hall–Kier alpha value is -2.80. The van der Waals surface area contributed by atoms with Crippen LogP contribution in [0.3, 0.4) is 0 Å². The predicted octanol–water partition coefficient (Wildman–Crippen LogP) is 1.23. The molecular weight excluding hydrogens is 324 g/mol. The van der Waals surface area contributed by atoms with E-state index in [0.29, 0.717) is 30.1 Å². The van der Waals surface area contributed by atoms with Gasteiger partial charge in [-0.05, 0) is 23.6 Å². The third-order valence-corrected chi connectivity index (χ3v) is 4.29. The summed E-state index contributed by atoms with van der Waals surface area (Å²) in [6.07, 6.45) is 0.134. The van der Waals surface area contributed by atoms with E-state index < -0.39 is 12.0 Å². The van der Waals surface area contributed by atoms with Crippen LogP contribution in [0.25, 0.3) is 10.8 Å². The van der Waals surface area contributed by atoms with E-state index >= 15 is 0 Å². The molecule has 1 saturated heterocycles. The molecule has 0 bridgehead atoms. The van der Waals surface area contributed by atoms with Gasteiger partial charge in [-0.1, -0.05) is 12.1 Å². The van der Waals surface area contributed by atoms with Crippen LogP contribution in [0.1, 0.15) is 16.8 Å². The molecule has 1 aliphatic heterocycles. The molecule has 2 aromatic rings. The number of amides is 2. The van der Waals surface area contributed by atoms with Crippen LogP contribution in [0, 0.1) is 0 Å². The first-order valence-corrected chi connectivity index (χ1v) is 7.90. The van der Waals surface area contributed by atoms with Crippen molar-refractivity contribution >= 4 is 22.6 Å². The van der Waals surface area contributed by atoms with Crippen molar-refractivity contribution in [1.29, 1.82) is 0 Å². The van der Waals surface area contributed by atoms with Crippen LogP contribution in [0.4, 0.5) is 0 Å². The third kappa shape index (κ3) is 3.36. The van der Waals surface area contributed by atoms with Gasteiger partial charge in [-0.25, -0.2) is 0 Å². The van der Waals surface area contributed by atoms with Gasteiger partial charge in [0.25, 0.3) is 5.91 Å². The molecule has 2 atom stereocenters. The summed E-state index contributed by atoms with van der Waals surface area (Å²) in [6, 6.07) is 8.83. The molecule has 3 N–H and O–H groups in total. The normalized spacial score (nSPS) is 19.7. The van der Waals surface area contributed by atoms with Gasteiger partial charge in [0.15, 0.2) is 0 Å². The summed E-state index contributed by atoms with van der Waals surface area (Å²) in [7, 11) is 3.00. The summed E-state index contributed by atoms with van der Waals surface area (Å²) in [5.74, 6) is 0.359. The molecule has 1 fully saturated rings. The van der Waals surface area contributed by atoms with E-state index in [9.17, 15) is 9.59 Å². The van der Waals surface area contributed by atoms with E-state index in [0.717, 1.165) is 10.8 Å². The molecule has 132 valence electrons. The van der Waals surface area contributed by atoms with Gasteiger partial charge in [-0.2, -0.15) is 0 Å². The second-order valence-corrected chi connectivity index (χ2v) is 5.87. The maximum Gasteiger partial charge on any atom is 0.252 e. The number of carbonyl (C=O) groups excluding carboxylic acids is 2. The Morgan fingerprint density at radius 1 is 1.28 bits per heavy atom. The lowest BCUT2D eigenvalue weighted by atomic mass is 10.0. The molecule has 0 aliphatic carbocycles. The number of benzene rings is 2. The summed E-state index contributed by atoms with van der Waals surface area (Å²) in [4.78, 5) is 23.2. The lowest BCUT2D eigenvalue weighted by Gasteiger charge is -2.15. The van der Waals surface area contributed by atoms with E-state index in [1.54, 1.807) is 12.1 Å². The van der Waals surface area contributed by atoms with Crippen molar-refractivity contribution in [2.75, 3.05) is 20.8 Å². The Bertz CT molecular complexity index is 820. The minimum absolute atomic E-state index is 0.112. The van der Waals surface area contributed by atoms with Crippen LogP contribution >= 0.6 is 0 Å². The van der Waals surface area contributed by atoms with Gasteiger partial charge in [0.1, 0.15) is 24.2 Å². The van der Waals surface area contributed by atoms with Crippen LogP contribution in [0.2, 0.25) is 0 Å². The summed E-state index contributed by atoms with van der Waals surface area (Å²) >= 11 is 0. The number of carbonyl (C=O) groups is 2. The quantitative estimate of drug-likeness (QED) is 0.821. The summed E-state index contributed by atoms with van der Waals surface area (Å²) in [5, 5.41) is 4.46. The van der Waals surface area contributed by atoms with E-state index in [2.05, 4.69) is 5.32 Å². The van der Waals surface area contributed by atoms with Gasteiger partial charge in [-0.3, -0.25) is 9.59 Å². The van der Waals surface area contributed by atoms with E-state index in [1.807, 2.05) is 18.2 Å². The Labute approximate surface area is 145 Å². The number of rotatable bonds is 6. The second kappa shape index (κ2) is 6.98. The molecule has 2 aromatic carbocycles. The van der Waals surface area contributed by atoms with Gasteiger partial charge >= 0.3 is 0 Å². The van der Waals surface area contributed by atoms with E-state index in [1.165, 1.54) is 14.2 Å². The fraction of sp³-hybridized carbons (Fsp3) is 0.333. The number of nitrogens with one attached hydrogen (secondary N) is 1. The number of primary amides is 1. The lowest BCUT2D eigenvalue weighted by molar-refractivity contribution is -0.127. The van der Waals surface area contributed by atoms with Crippen molar-refractivity contribution in [3.05, 3.63) is 35.9 Å². The molecule has 1 heterocycles. The Morgan fingerprint density at radius 3 is 2.72 bits per heavy atom. The first-order valence-electron chi connectivity index (χ1n) is 7.90. The molecule has 2 amide bonds. The summed E-state index contributed by atoms with van der Waals surface area (Å²) in [5.41, 5.74) is 5.72. The molecule has 0 spiro atoms. The van der Waals surface area contributed by atoms with Gasteiger partial charge in [0.05, 0.1) is 18.7 Å². The maximum atomic E-state index is 11.7. The highest BCUT2D eigenvalue weighted by molar-refractivity contribution is 6.02. The molecule has 0 radical (unpaired) electrons. The van der Waals surface area contributed by atoms with Gasteiger partial charge in [-0.15, -0.1) is 0 Å². The highest BCUT2D eigenvalue weighted by Crippen LogP contribution is 2.32. The number of fused-ring (bicyclic) bond motifs is 1. The number of hydrogen-bond donors (Lipinski definition) is 2. The molecule has 1 unspecified atom stereocenters. The zero-order chi connectivity index (χ0) is 18.0. The highest BCUT2D eigenvalue weighted by Gasteiger charge is 2.32.